The standard InChI is InChI=1S/C17H23NO4/c1-3-20-14-6-5-11(9-16(14)21-4-2)17(19)18-13-10-15-12(13)7-8-22-15/h5-6,9,12-13,15H,3-4,7-8,10H2,1-2H3,(H,18,19). The molecule has 3 rings (SSSR count). The largest absolute Gasteiger partial charge is 0.490 e. The summed E-state index contributed by atoms with van der Waals surface area (Å²) < 4.78 is 16.7. The number of nitrogens with one attached hydrogen (secondary N) is 1. The van der Waals surface area contributed by atoms with Gasteiger partial charge in [-0.25, -0.2) is 0 Å². The predicted octanol–water partition coefficient (Wildman–Crippen LogP) is 2.39. The Morgan fingerprint density at radius 2 is 2.05 bits per heavy atom. The van der Waals surface area contributed by atoms with Crippen LogP contribution in [0.5, 0.6) is 11.5 Å². The molecule has 22 heavy (non-hydrogen) atoms. The monoisotopic (exact) mass is 305 g/mol. The molecule has 1 aliphatic carbocycles. The van der Waals surface area contributed by atoms with Crippen LogP contribution in [0.15, 0.2) is 18.2 Å². The Kier molecular flexibility index (Phi) is 4.52. The molecule has 5 heteroatoms. The number of ether oxygens (including phenoxy) is 3. The third kappa shape index (κ3) is 2.90. The maximum absolute atomic E-state index is 12.4. The molecule has 1 aromatic carbocycles. The van der Waals surface area contributed by atoms with Crippen molar-refractivity contribution in [3.05, 3.63) is 23.8 Å². The Balaban J connectivity index is 1.67. The molecule has 2 fully saturated rings. The molecule has 1 amide bonds. The van der Waals surface area contributed by atoms with Crippen LogP contribution >= 0.6 is 0 Å². The lowest BCUT2D eigenvalue weighted by Gasteiger charge is -2.39. The Bertz CT molecular complexity index is 545. The molecule has 1 aliphatic heterocycles. The van der Waals surface area contributed by atoms with E-state index >= 15 is 0 Å². The summed E-state index contributed by atoms with van der Waals surface area (Å²) in [7, 11) is 0. The van der Waals surface area contributed by atoms with Gasteiger partial charge in [-0.2, -0.15) is 0 Å². The summed E-state index contributed by atoms with van der Waals surface area (Å²) in [4.78, 5) is 12.4. The van der Waals surface area contributed by atoms with Crippen molar-refractivity contribution in [2.75, 3.05) is 19.8 Å². The number of rotatable bonds is 6. The van der Waals surface area contributed by atoms with Crippen LogP contribution in [0.25, 0.3) is 0 Å². The maximum atomic E-state index is 12.4. The van der Waals surface area contributed by atoms with Gasteiger partial charge < -0.3 is 19.5 Å². The number of carbonyl (C=O) groups excluding carboxylic acids is 1. The molecular weight excluding hydrogens is 282 g/mol. The van der Waals surface area contributed by atoms with Crippen LogP contribution in [0, 0.1) is 5.92 Å². The molecule has 1 heterocycles. The molecule has 1 N–H and O–H groups in total. The third-order valence-electron chi connectivity index (χ3n) is 4.39. The average molecular weight is 305 g/mol. The van der Waals surface area contributed by atoms with Crippen molar-refractivity contribution in [1.82, 2.24) is 5.32 Å². The molecule has 1 aromatic rings. The van der Waals surface area contributed by atoms with Gasteiger partial charge in [-0.15, -0.1) is 0 Å². The number of hydrogen-bond donors (Lipinski definition) is 1. The zero-order valence-electron chi connectivity index (χ0n) is 13.1. The van der Waals surface area contributed by atoms with Crippen molar-refractivity contribution < 1.29 is 19.0 Å². The van der Waals surface area contributed by atoms with E-state index in [1.54, 1.807) is 18.2 Å². The Hall–Kier alpha value is -1.75. The normalized spacial score (nSPS) is 26.0. The smallest absolute Gasteiger partial charge is 0.251 e. The lowest BCUT2D eigenvalue weighted by Crippen LogP contribution is -2.53. The highest BCUT2D eigenvalue weighted by Crippen LogP contribution is 2.38. The minimum atomic E-state index is -0.0562. The van der Waals surface area contributed by atoms with Crippen LogP contribution in [0.2, 0.25) is 0 Å². The van der Waals surface area contributed by atoms with E-state index in [0.29, 0.717) is 42.3 Å². The topological polar surface area (TPSA) is 56.8 Å². The van der Waals surface area contributed by atoms with Crippen LogP contribution in [0.3, 0.4) is 0 Å². The average Bonchev–Trinajstić information content (AvgIpc) is 2.88. The molecular formula is C17H23NO4. The van der Waals surface area contributed by atoms with Crippen molar-refractivity contribution in [2.24, 2.45) is 5.92 Å². The summed E-state index contributed by atoms with van der Waals surface area (Å²) in [6, 6.07) is 5.57. The molecule has 0 spiro atoms. The van der Waals surface area contributed by atoms with Crippen LogP contribution in [-0.4, -0.2) is 37.9 Å². The maximum Gasteiger partial charge on any atom is 0.251 e. The Labute approximate surface area is 130 Å². The lowest BCUT2D eigenvalue weighted by molar-refractivity contribution is 0.00809. The molecule has 1 saturated carbocycles. The minimum absolute atomic E-state index is 0.0562. The SMILES string of the molecule is CCOc1ccc(C(=O)NC2CC3OCCC23)cc1OCC. The fraction of sp³-hybridized carbons (Fsp3) is 0.588. The quantitative estimate of drug-likeness (QED) is 0.877. The van der Waals surface area contributed by atoms with Crippen molar-refractivity contribution >= 4 is 5.91 Å². The molecule has 5 nitrogen and oxygen atoms in total. The molecule has 1 saturated heterocycles. The molecule has 3 unspecified atom stereocenters. The van der Waals surface area contributed by atoms with Crippen LogP contribution < -0.4 is 14.8 Å². The van der Waals surface area contributed by atoms with E-state index in [2.05, 4.69) is 5.32 Å². The molecule has 3 atom stereocenters. The fourth-order valence-corrected chi connectivity index (χ4v) is 3.21. The van der Waals surface area contributed by atoms with Crippen molar-refractivity contribution in [3.8, 4) is 11.5 Å². The van der Waals surface area contributed by atoms with Crippen LogP contribution in [-0.2, 0) is 4.74 Å². The highest BCUT2D eigenvalue weighted by atomic mass is 16.5. The van der Waals surface area contributed by atoms with E-state index in [-0.39, 0.29) is 11.9 Å². The van der Waals surface area contributed by atoms with Crippen molar-refractivity contribution in [1.29, 1.82) is 0 Å². The van der Waals surface area contributed by atoms with Gasteiger partial charge in [0.15, 0.2) is 11.5 Å². The second kappa shape index (κ2) is 6.57. The summed E-state index contributed by atoms with van der Waals surface area (Å²) in [6.07, 6.45) is 2.32. The van der Waals surface area contributed by atoms with Crippen LogP contribution in [0.1, 0.15) is 37.0 Å². The number of fused-ring (bicyclic) bond motifs is 1. The number of amides is 1. The Morgan fingerprint density at radius 1 is 1.27 bits per heavy atom. The van der Waals surface area contributed by atoms with Gasteiger partial charge in [0.25, 0.3) is 5.91 Å². The van der Waals surface area contributed by atoms with Crippen molar-refractivity contribution in [2.45, 2.75) is 38.8 Å². The van der Waals surface area contributed by atoms with Gasteiger partial charge in [-0.1, -0.05) is 0 Å². The third-order valence-corrected chi connectivity index (χ3v) is 4.39. The van der Waals surface area contributed by atoms with E-state index in [9.17, 15) is 4.79 Å². The first-order valence-corrected chi connectivity index (χ1v) is 8.05. The van der Waals surface area contributed by atoms with Gasteiger partial charge in [-0.05, 0) is 44.9 Å². The summed E-state index contributed by atoms with van der Waals surface area (Å²) in [5.74, 6) is 1.72. The summed E-state index contributed by atoms with van der Waals surface area (Å²) in [5.41, 5.74) is 0.606. The summed E-state index contributed by atoms with van der Waals surface area (Å²) in [6.45, 7) is 5.76. The van der Waals surface area contributed by atoms with Gasteiger partial charge in [-0.3, -0.25) is 4.79 Å². The second-order valence-electron chi connectivity index (χ2n) is 5.70. The first-order chi connectivity index (χ1) is 10.7. The van der Waals surface area contributed by atoms with E-state index < -0.39 is 0 Å². The predicted molar refractivity (Wildman–Crippen MR) is 82.5 cm³/mol. The van der Waals surface area contributed by atoms with E-state index in [0.717, 1.165) is 19.4 Å². The molecule has 0 radical (unpaired) electrons. The second-order valence-corrected chi connectivity index (χ2v) is 5.70. The molecule has 2 aliphatic rings. The molecule has 120 valence electrons. The molecule has 0 aromatic heterocycles. The number of carbonyl (C=O) groups is 1. The summed E-state index contributed by atoms with van der Waals surface area (Å²) in [5, 5.41) is 3.11. The first-order valence-electron chi connectivity index (χ1n) is 8.05. The van der Waals surface area contributed by atoms with Gasteiger partial charge >= 0.3 is 0 Å². The minimum Gasteiger partial charge on any atom is -0.490 e. The Morgan fingerprint density at radius 3 is 2.77 bits per heavy atom. The first kappa shape index (κ1) is 15.2. The van der Waals surface area contributed by atoms with Gasteiger partial charge in [0, 0.05) is 24.1 Å². The zero-order valence-corrected chi connectivity index (χ0v) is 13.1. The van der Waals surface area contributed by atoms with Gasteiger partial charge in [0.2, 0.25) is 0 Å². The highest BCUT2D eigenvalue weighted by molar-refractivity contribution is 5.95. The van der Waals surface area contributed by atoms with E-state index in [4.69, 9.17) is 14.2 Å². The van der Waals surface area contributed by atoms with Crippen molar-refractivity contribution in [3.63, 3.8) is 0 Å². The van der Waals surface area contributed by atoms with Gasteiger partial charge in [0.05, 0.1) is 19.3 Å². The molecule has 0 bridgehead atoms. The van der Waals surface area contributed by atoms with E-state index in [1.165, 1.54) is 0 Å². The number of hydrogen-bond acceptors (Lipinski definition) is 4. The van der Waals surface area contributed by atoms with Crippen LogP contribution in [0.4, 0.5) is 0 Å². The number of benzene rings is 1. The highest BCUT2D eigenvalue weighted by Gasteiger charge is 2.45. The fourth-order valence-electron chi connectivity index (χ4n) is 3.21. The zero-order chi connectivity index (χ0) is 15.5. The summed E-state index contributed by atoms with van der Waals surface area (Å²) >= 11 is 0. The lowest BCUT2D eigenvalue weighted by atomic mass is 9.76. The van der Waals surface area contributed by atoms with E-state index in [1.807, 2.05) is 13.8 Å². The van der Waals surface area contributed by atoms with Gasteiger partial charge in [0.1, 0.15) is 0 Å².